The number of hydroxylamine groups is 2. The lowest BCUT2D eigenvalue weighted by molar-refractivity contribution is -0.172. The van der Waals surface area contributed by atoms with E-state index < -0.39 is 0 Å². The van der Waals surface area contributed by atoms with Crippen LogP contribution in [0.15, 0.2) is 0 Å². The minimum atomic E-state index is 0.181. The van der Waals surface area contributed by atoms with Gasteiger partial charge in [-0.3, -0.25) is 4.84 Å². The Balaban J connectivity index is 1.88. The van der Waals surface area contributed by atoms with E-state index in [9.17, 15) is 0 Å². The Morgan fingerprint density at radius 3 is 3.27 bits per heavy atom. The third-order valence-corrected chi connectivity index (χ3v) is 2.62. The van der Waals surface area contributed by atoms with Gasteiger partial charge in [0.1, 0.15) is 0 Å². The minimum Gasteiger partial charge on any atom is -0.298 e. The van der Waals surface area contributed by atoms with E-state index in [-0.39, 0.29) is 6.04 Å². The van der Waals surface area contributed by atoms with Crippen molar-refractivity contribution in [2.45, 2.75) is 38.6 Å². The molecular formula is C9H17N5O. The van der Waals surface area contributed by atoms with Gasteiger partial charge in [-0.1, -0.05) is 18.6 Å². The molecule has 1 aromatic heterocycles. The molecule has 2 rings (SSSR count). The molecule has 0 aromatic carbocycles. The molecule has 1 atom stereocenters. The number of nitrogens with one attached hydrogen (secondary N) is 1. The first-order valence-corrected chi connectivity index (χ1v) is 5.54. The number of aromatic nitrogens is 4. The van der Waals surface area contributed by atoms with Crippen LogP contribution in [-0.2, 0) is 4.84 Å². The molecule has 1 unspecified atom stereocenters. The molecule has 1 aromatic rings. The Kier molecular flexibility index (Phi) is 3.63. The summed E-state index contributed by atoms with van der Waals surface area (Å²) in [6.45, 7) is 3.90. The summed E-state index contributed by atoms with van der Waals surface area (Å²) >= 11 is 0. The highest BCUT2D eigenvalue weighted by molar-refractivity contribution is 4.91. The van der Waals surface area contributed by atoms with Crippen LogP contribution in [0.4, 0.5) is 0 Å². The van der Waals surface area contributed by atoms with Gasteiger partial charge in [-0.2, -0.15) is 10.3 Å². The van der Waals surface area contributed by atoms with Crippen molar-refractivity contribution in [3.63, 3.8) is 0 Å². The summed E-state index contributed by atoms with van der Waals surface area (Å²) in [7, 11) is 0. The van der Waals surface area contributed by atoms with E-state index in [1.807, 2.05) is 5.06 Å². The van der Waals surface area contributed by atoms with Crippen molar-refractivity contribution in [1.82, 2.24) is 25.7 Å². The quantitative estimate of drug-likeness (QED) is 0.738. The van der Waals surface area contributed by atoms with E-state index in [1.165, 1.54) is 0 Å². The number of nitrogens with zero attached hydrogens (tertiary/aromatic N) is 4. The van der Waals surface area contributed by atoms with Crippen molar-refractivity contribution < 1.29 is 4.84 Å². The molecule has 1 saturated heterocycles. The summed E-state index contributed by atoms with van der Waals surface area (Å²) in [4.78, 5) is 5.69. The number of tetrazole rings is 1. The molecule has 0 radical (unpaired) electrons. The van der Waals surface area contributed by atoms with Gasteiger partial charge in [-0.15, -0.1) is 10.2 Å². The van der Waals surface area contributed by atoms with Gasteiger partial charge in [-0.05, 0) is 19.3 Å². The Morgan fingerprint density at radius 2 is 2.53 bits per heavy atom. The van der Waals surface area contributed by atoms with Crippen LogP contribution in [0.25, 0.3) is 0 Å². The molecule has 6 heteroatoms. The smallest absolute Gasteiger partial charge is 0.193 e. The van der Waals surface area contributed by atoms with Crippen LogP contribution < -0.4 is 0 Å². The van der Waals surface area contributed by atoms with Gasteiger partial charge in [0.25, 0.3) is 0 Å². The lowest BCUT2D eigenvalue weighted by Crippen LogP contribution is -2.25. The molecule has 1 aliphatic rings. The fraction of sp³-hybridized carbons (Fsp3) is 0.889. The van der Waals surface area contributed by atoms with Gasteiger partial charge in [0.15, 0.2) is 5.82 Å². The summed E-state index contributed by atoms with van der Waals surface area (Å²) in [6, 6.07) is 0.181. The van der Waals surface area contributed by atoms with E-state index in [1.54, 1.807) is 0 Å². The maximum absolute atomic E-state index is 5.69. The van der Waals surface area contributed by atoms with Gasteiger partial charge in [-0.25, -0.2) is 0 Å². The van der Waals surface area contributed by atoms with Crippen LogP contribution >= 0.6 is 0 Å². The summed E-state index contributed by atoms with van der Waals surface area (Å²) < 4.78 is 0. The van der Waals surface area contributed by atoms with Gasteiger partial charge in [0, 0.05) is 6.54 Å². The lowest BCUT2D eigenvalue weighted by Gasteiger charge is -2.20. The third kappa shape index (κ3) is 2.51. The fourth-order valence-electron chi connectivity index (χ4n) is 1.79. The Hall–Kier alpha value is -1.01. The van der Waals surface area contributed by atoms with Crippen LogP contribution in [0, 0.1) is 0 Å². The highest BCUT2D eigenvalue weighted by Gasteiger charge is 2.29. The van der Waals surface area contributed by atoms with E-state index >= 15 is 0 Å². The second-order valence-electron chi connectivity index (χ2n) is 3.76. The average Bonchev–Trinajstić information content (AvgIpc) is 2.87. The molecule has 15 heavy (non-hydrogen) atoms. The topological polar surface area (TPSA) is 66.9 Å². The molecule has 84 valence electrons. The molecule has 2 heterocycles. The average molecular weight is 211 g/mol. The highest BCUT2D eigenvalue weighted by Crippen LogP contribution is 2.29. The van der Waals surface area contributed by atoms with Gasteiger partial charge in [0.2, 0.25) is 0 Å². The predicted molar refractivity (Wildman–Crippen MR) is 53.7 cm³/mol. The SMILES string of the molecule is CCCCON1CCCC1c1nn[nH]n1. The molecule has 1 fully saturated rings. The summed E-state index contributed by atoms with van der Waals surface area (Å²) in [5.74, 6) is 0.740. The number of aromatic amines is 1. The highest BCUT2D eigenvalue weighted by atomic mass is 16.7. The molecule has 6 nitrogen and oxygen atoms in total. The van der Waals surface area contributed by atoms with E-state index in [2.05, 4.69) is 27.5 Å². The van der Waals surface area contributed by atoms with Gasteiger partial charge >= 0.3 is 0 Å². The van der Waals surface area contributed by atoms with Crippen LogP contribution in [0.5, 0.6) is 0 Å². The first kappa shape index (κ1) is 10.5. The van der Waals surface area contributed by atoms with Crippen molar-refractivity contribution in [3.8, 4) is 0 Å². The molecule has 0 amide bonds. The van der Waals surface area contributed by atoms with Crippen molar-refractivity contribution in [3.05, 3.63) is 5.82 Å². The van der Waals surface area contributed by atoms with Crippen LogP contribution in [0.1, 0.15) is 44.5 Å². The number of rotatable bonds is 5. The fourth-order valence-corrected chi connectivity index (χ4v) is 1.79. The largest absolute Gasteiger partial charge is 0.298 e. The molecule has 1 aliphatic heterocycles. The zero-order valence-corrected chi connectivity index (χ0v) is 9.02. The van der Waals surface area contributed by atoms with Gasteiger partial charge in [0.05, 0.1) is 12.6 Å². The van der Waals surface area contributed by atoms with Crippen molar-refractivity contribution >= 4 is 0 Å². The second kappa shape index (κ2) is 5.18. The summed E-state index contributed by atoms with van der Waals surface area (Å²) in [6.07, 6.45) is 4.42. The Morgan fingerprint density at radius 1 is 1.60 bits per heavy atom. The monoisotopic (exact) mass is 211 g/mol. The minimum absolute atomic E-state index is 0.181. The molecule has 0 aliphatic carbocycles. The van der Waals surface area contributed by atoms with Gasteiger partial charge < -0.3 is 0 Å². The Bertz CT molecular complexity index is 276. The zero-order valence-electron chi connectivity index (χ0n) is 9.02. The van der Waals surface area contributed by atoms with E-state index in [0.717, 1.165) is 44.7 Å². The summed E-state index contributed by atoms with van der Waals surface area (Å²) in [5, 5.41) is 16.1. The third-order valence-electron chi connectivity index (χ3n) is 2.62. The van der Waals surface area contributed by atoms with E-state index in [4.69, 9.17) is 4.84 Å². The first-order valence-electron chi connectivity index (χ1n) is 5.54. The van der Waals surface area contributed by atoms with Crippen LogP contribution in [-0.4, -0.2) is 38.8 Å². The molecule has 1 N–H and O–H groups in total. The van der Waals surface area contributed by atoms with Crippen molar-refractivity contribution in [2.24, 2.45) is 0 Å². The lowest BCUT2D eigenvalue weighted by atomic mass is 10.2. The standard InChI is InChI=1S/C9H17N5O/c1-2-3-7-15-14-6-4-5-8(14)9-10-12-13-11-9/h8H,2-7H2,1H3,(H,10,11,12,13). The number of hydrogen-bond donors (Lipinski definition) is 1. The van der Waals surface area contributed by atoms with Crippen LogP contribution in [0.3, 0.4) is 0 Å². The Labute approximate surface area is 88.9 Å². The number of unbranched alkanes of at least 4 members (excludes halogenated alkanes) is 1. The number of hydrogen-bond acceptors (Lipinski definition) is 5. The normalized spacial score (nSPS) is 22.3. The van der Waals surface area contributed by atoms with E-state index in [0.29, 0.717) is 0 Å². The maximum atomic E-state index is 5.69. The second-order valence-corrected chi connectivity index (χ2v) is 3.76. The van der Waals surface area contributed by atoms with Crippen LogP contribution in [0.2, 0.25) is 0 Å². The molecule has 0 saturated carbocycles. The van der Waals surface area contributed by atoms with Crippen molar-refractivity contribution in [2.75, 3.05) is 13.2 Å². The summed E-state index contributed by atoms with van der Waals surface area (Å²) in [5.41, 5.74) is 0. The molecule has 0 bridgehead atoms. The maximum Gasteiger partial charge on any atom is 0.193 e. The molecular weight excluding hydrogens is 194 g/mol. The molecule has 0 spiro atoms. The predicted octanol–water partition coefficient (Wildman–Crippen LogP) is 1.07. The number of H-pyrrole nitrogens is 1. The van der Waals surface area contributed by atoms with Crippen molar-refractivity contribution in [1.29, 1.82) is 0 Å². The first-order chi connectivity index (χ1) is 7.42. The zero-order chi connectivity index (χ0) is 10.5.